The Morgan fingerprint density at radius 3 is 2.80 bits per heavy atom. The van der Waals surface area contributed by atoms with Crippen LogP contribution in [0.15, 0.2) is 0 Å². The average molecular weight is 230 g/mol. The Labute approximate surface area is 90.6 Å². The van der Waals surface area contributed by atoms with E-state index in [9.17, 15) is 4.57 Å². The summed E-state index contributed by atoms with van der Waals surface area (Å²) in [7, 11) is -4.00. The highest BCUT2D eigenvalue weighted by Gasteiger charge is 2.20. The lowest BCUT2D eigenvalue weighted by atomic mass is 10.3. The Hall–Kier alpha value is -0.930. The molecular weight excluding hydrogens is 215 g/mol. The van der Waals surface area contributed by atoms with Crippen molar-refractivity contribution in [1.82, 2.24) is 0 Å². The second kappa shape index (κ2) is 8.38. The van der Waals surface area contributed by atoms with Crippen molar-refractivity contribution in [3.63, 3.8) is 0 Å². The molecule has 1 N–H and O–H groups in total. The van der Waals surface area contributed by atoms with Crippen molar-refractivity contribution in [2.24, 2.45) is 0 Å². The first kappa shape index (κ1) is 14.1. The lowest BCUT2D eigenvalue weighted by Crippen LogP contribution is -1.93. The normalized spacial score (nSPS) is 13.1. The smallest absolute Gasteiger partial charge is 0.350 e. The van der Waals surface area contributed by atoms with E-state index in [2.05, 4.69) is 27.0 Å². The highest BCUT2D eigenvalue weighted by molar-refractivity contribution is 7.47. The Balaban J connectivity index is 3.76. The highest BCUT2D eigenvalue weighted by atomic mass is 31.2. The lowest BCUT2D eigenvalue weighted by Gasteiger charge is -2.06. The molecule has 4 nitrogen and oxygen atoms in total. The summed E-state index contributed by atoms with van der Waals surface area (Å²) >= 11 is 0. The zero-order valence-electron chi connectivity index (χ0n) is 8.73. The molecule has 0 radical (unpaired) electrons. The molecule has 0 aliphatic heterocycles. The van der Waals surface area contributed by atoms with Gasteiger partial charge in [0.05, 0.1) is 6.61 Å². The highest BCUT2D eigenvalue weighted by Crippen LogP contribution is 2.42. The Kier molecular flexibility index (Phi) is 7.86. The molecule has 0 aromatic carbocycles. The largest absolute Gasteiger partial charge is 0.535 e. The molecular formula is C10H15O4P. The molecule has 1 atom stereocenters. The van der Waals surface area contributed by atoms with Gasteiger partial charge in [0.15, 0.2) is 0 Å². The van der Waals surface area contributed by atoms with Crippen molar-refractivity contribution in [3.05, 3.63) is 0 Å². The van der Waals surface area contributed by atoms with Crippen LogP contribution in [0, 0.1) is 24.4 Å². The van der Waals surface area contributed by atoms with E-state index >= 15 is 0 Å². The molecule has 0 heterocycles. The van der Waals surface area contributed by atoms with Crippen molar-refractivity contribution in [1.29, 1.82) is 0 Å². The van der Waals surface area contributed by atoms with Crippen LogP contribution in [0.2, 0.25) is 0 Å². The molecule has 0 spiro atoms. The predicted octanol–water partition coefficient (Wildman–Crippen LogP) is 2.29. The van der Waals surface area contributed by atoms with Crippen LogP contribution in [-0.2, 0) is 13.6 Å². The first-order valence-electron chi connectivity index (χ1n) is 4.69. The van der Waals surface area contributed by atoms with Crippen LogP contribution in [0.1, 0.15) is 32.6 Å². The summed E-state index contributed by atoms with van der Waals surface area (Å²) in [6, 6.07) is 0. The van der Waals surface area contributed by atoms with E-state index in [1.807, 2.05) is 6.92 Å². The molecule has 1 unspecified atom stereocenters. The quantitative estimate of drug-likeness (QED) is 0.432. The standard InChI is InChI=1S/C10H15O4P/c1-3-5-7-8-10-14-15(11,12)13-9-6-4-2/h1H,4-7,9H2,2H3,(H,11,12). The van der Waals surface area contributed by atoms with E-state index in [1.54, 1.807) is 0 Å². The van der Waals surface area contributed by atoms with Crippen LogP contribution in [0.5, 0.6) is 0 Å². The molecule has 0 aromatic heterocycles. The second-order valence-electron chi connectivity index (χ2n) is 2.73. The summed E-state index contributed by atoms with van der Waals surface area (Å²) in [5, 5.41) is 0. The van der Waals surface area contributed by atoms with Crippen molar-refractivity contribution in [2.75, 3.05) is 6.61 Å². The molecule has 0 fully saturated rings. The number of hydrogen-bond donors (Lipinski definition) is 1. The maximum Gasteiger partial charge on any atom is 0.535 e. The van der Waals surface area contributed by atoms with Gasteiger partial charge in [-0.1, -0.05) is 19.3 Å². The minimum Gasteiger partial charge on any atom is -0.350 e. The zero-order valence-corrected chi connectivity index (χ0v) is 9.63. The minimum absolute atomic E-state index is 0.191. The number of rotatable bonds is 6. The van der Waals surface area contributed by atoms with E-state index in [4.69, 9.17) is 11.3 Å². The van der Waals surface area contributed by atoms with Crippen LogP contribution >= 0.6 is 7.82 Å². The Morgan fingerprint density at radius 1 is 1.47 bits per heavy atom. The van der Waals surface area contributed by atoms with Crippen LogP contribution < -0.4 is 0 Å². The molecule has 15 heavy (non-hydrogen) atoms. The van der Waals surface area contributed by atoms with E-state index in [-0.39, 0.29) is 6.61 Å². The Morgan fingerprint density at radius 2 is 2.20 bits per heavy atom. The summed E-state index contributed by atoms with van der Waals surface area (Å²) in [6.45, 7) is 2.14. The van der Waals surface area contributed by atoms with Crippen LogP contribution in [-0.4, -0.2) is 11.5 Å². The van der Waals surface area contributed by atoms with Crippen molar-refractivity contribution in [2.45, 2.75) is 32.6 Å². The second-order valence-corrected chi connectivity index (χ2v) is 4.11. The summed E-state index contributed by atoms with van der Waals surface area (Å²) in [5.74, 6) is 4.89. The number of terminal acetylenes is 1. The monoisotopic (exact) mass is 230 g/mol. The fraction of sp³-hybridized carbons (Fsp3) is 0.600. The maximum absolute atomic E-state index is 11.1. The molecule has 0 aliphatic rings. The fourth-order valence-electron chi connectivity index (χ4n) is 0.626. The molecule has 5 heteroatoms. The first-order chi connectivity index (χ1) is 7.12. The number of unbranched alkanes of at least 4 members (excludes halogenated alkanes) is 2. The van der Waals surface area contributed by atoms with E-state index in [1.165, 1.54) is 0 Å². The summed E-state index contributed by atoms with van der Waals surface area (Å²) in [6.07, 6.45) is 9.61. The van der Waals surface area contributed by atoms with Gasteiger partial charge >= 0.3 is 7.82 Å². The van der Waals surface area contributed by atoms with Crippen LogP contribution in [0.4, 0.5) is 0 Å². The molecule has 0 rings (SSSR count). The third-order valence-electron chi connectivity index (χ3n) is 1.38. The molecule has 84 valence electrons. The van der Waals surface area contributed by atoms with Gasteiger partial charge in [0.25, 0.3) is 0 Å². The van der Waals surface area contributed by atoms with E-state index < -0.39 is 7.82 Å². The predicted molar refractivity (Wildman–Crippen MR) is 57.6 cm³/mol. The van der Waals surface area contributed by atoms with Gasteiger partial charge in [0.1, 0.15) is 6.11 Å². The van der Waals surface area contributed by atoms with Crippen molar-refractivity contribution < 1.29 is 18.5 Å². The number of phosphoric ester groups is 1. The molecule has 0 saturated heterocycles. The minimum atomic E-state index is -4.00. The van der Waals surface area contributed by atoms with Gasteiger partial charge in [-0.3, -0.25) is 9.42 Å². The maximum atomic E-state index is 11.1. The summed E-state index contributed by atoms with van der Waals surface area (Å²) < 4.78 is 20.1. The van der Waals surface area contributed by atoms with Gasteiger partial charge in [-0.15, -0.1) is 12.3 Å². The van der Waals surface area contributed by atoms with Crippen LogP contribution in [0.3, 0.4) is 0 Å². The van der Waals surface area contributed by atoms with E-state index in [0.29, 0.717) is 19.3 Å². The molecule has 0 bridgehead atoms. The average Bonchev–Trinajstić information content (AvgIpc) is 2.17. The third kappa shape index (κ3) is 9.38. The molecule has 0 amide bonds. The van der Waals surface area contributed by atoms with Crippen molar-refractivity contribution in [3.8, 4) is 24.4 Å². The molecule has 0 saturated carbocycles. The van der Waals surface area contributed by atoms with Gasteiger partial charge in [-0.2, -0.15) is 0 Å². The van der Waals surface area contributed by atoms with Gasteiger partial charge in [0, 0.05) is 12.8 Å². The van der Waals surface area contributed by atoms with E-state index in [0.717, 1.165) is 6.42 Å². The topological polar surface area (TPSA) is 55.8 Å². The van der Waals surface area contributed by atoms with Gasteiger partial charge in [-0.25, -0.2) is 4.57 Å². The number of hydrogen-bond acceptors (Lipinski definition) is 3. The fourth-order valence-corrected chi connectivity index (χ4v) is 1.22. The van der Waals surface area contributed by atoms with Crippen molar-refractivity contribution >= 4 is 7.82 Å². The van der Waals surface area contributed by atoms with Crippen LogP contribution in [0.25, 0.3) is 0 Å². The lowest BCUT2D eigenvalue weighted by molar-refractivity contribution is 0.192. The summed E-state index contributed by atoms with van der Waals surface area (Å²) in [4.78, 5) is 9.07. The van der Waals surface area contributed by atoms with Gasteiger partial charge in [0.2, 0.25) is 0 Å². The Bertz CT molecular complexity index is 308. The number of phosphoric acid groups is 1. The summed E-state index contributed by atoms with van der Waals surface area (Å²) in [5.41, 5.74) is 0. The first-order valence-corrected chi connectivity index (χ1v) is 6.19. The molecule has 0 aromatic rings. The van der Waals surface area contributed by atoms with Gasteiger partial charge < -0.3 is 4.52 Å². The zero-order chi connectivity index (χ0) is 11.6. The van der Waals surface area contributed by atoms with Gasteiger partial charge in [-0.05, 0) is 6.42 Å². The third-order valence-corrected chi connectivity index (χ3v) is 2.21. The SMILES string of the molecule is C#CCCC#COP(=O)(O)OCCCC. The molecule has 0 aliphatic carbocycles.